The molecule has 0 saturated carbocycles. The number of piperazine rings is 1. The first-order chi connectivity index (χ1) is 12.6. The Labute approximate surface area is 177 Å². The normalized spacial score (nSPS) is 18.4. The Bertz CT molecular complexity index is 669. The third-order valence-corrected chi connectivity index (χ3v) is 4.88. The van der Waals surface area contributed by atoms with E-state index < -0.39 is 0 Å². The van der Waals surface area contributed by atoms with Crippen LogP contribution >= 0.6 is 24.0 Å². The van der Waals surface area contributed by atoms with Crippen molar-refractivity contribution in [3.05, 3.63) is 35.4 Å². The number of nitrogens with one attached hydrogen (secondary N) is 1. The summed E-state index contributed by atoms with van der Waals surface area (Å²) in [5, 5.41) is 2.72. The molecule has 2 aliphatic heterocycles. The van der Waals surface area contributed by atoms with Crippen LogP contribution in [0.25, 0.3) is 0 Å². The van der Waals surface area contributed by atoms with Crippen molar-refractivity contribution in [3.8, 4) is 0 Å². The Hall–Kier alpha value is -1.84. The second-order valence-corrected chi connectivity index (χ2v) is 6.85. The number of amides is 2. The van der Waals surface area contributed by atoms with Crippen molar-refractivity contribution in [2.75, 3.05) is 32.7 Å². The molecule has 0 atom stereocenters. The van der Waals surface area contributed by atoms with E-state index in [1.165, 1.54) is 25.7 Å². The molecule has 148 valence electrons. The summed E-state index contributed by atoms with van der Waals surface area (Å²) in [6.07, 6.45) is 4.86. The minimum atomic E-state index is -0.112. The molecule has 2 heterocycles. The molecule has 7 nitrogen and oxygen atoms in total. The number of benzene rings is 1. The number of nitrogens with two attached hydrogens (primary N) is 1. The molecule has 2 saturated heterocycles. The van der Waals surface area contributed by atoms with Gasteiger partial charge in [0.05, 0.1) is 13.1 Å². The van der Waals surface area contributed by atoms with Crippen LogP contribution in [0.5, 0.6) is 0 Å². The highest BCUT2D eigenvalue weighted by Gasteiger charge is 2.22. The van der Waals surface area contributed by atoms with Crippen LogP contribution in [0, 0.1) is 0 Å². The smallest absolute Gasteiger partial charge is 0.254 e. The number of guanidine groups is 1. The first-order valence-corrected chi connectivity index (χ1v) is 9.33. The third kappa shape index (κ3) is 6.08. The number of carbonyl (C=O) groups is 2. The molecule has 3 N–H and O–H groups in total. The minimum Gasteiger partial charge on any atom is -0.370 e. The molecule has 0 radical (unpaired) electrons. The Morgan fingerprint density at radius 3 is 2.33 bits per heavy atom. The van der Waals surface area contributed by atoms with Crippen LogP contribution in [-0.2, 0) is 11.3 Å². The number of halogens is 1. The molecule has 0 aliphatic carbocycles. The van der Waals surface area contributed by atoms with Crippen LogP contribution in [0.4, 0.5) is 0 Å². The van der Waals surface area contributed by atoms with Crippen molar-refractivity contribution < 1.29 is 9.59 Å². The Balaban J connectivity index is 0.00000261. The predicted octanol–water partition coefficient (Wildman–Crippen LogP) is 1.57. The third-order valence-electron chi connectivity index (χ3n) is 4.88. The standard InChI is InChI=1S/C19H27N5O2.HI/c20-19(23-10-3-1-2-4-11-23)22-13-15-5-7-16(8-6-15)18(26)24-12-9-21-17(25)14-24;/h5-8H,1-4,9-14H2,(H2,20,22)(H,21,25);1H. The quantitative estimate of drug-likeness (QED) is 0.387. The number of nitrogens with zero attached hydrogens (tertiary/aromatic N) is 3. The predicted molar refractivity (Wildman–Crippen MR) is 116 cm³/mol. The number of rotatable bonds is 3. The zero-order valence-corrected chi connectivity index (χ0v) is 17.9. The summed E-state index contributed by atoms with van der Waals surface area (Å²) in [5.41, 5.74) is 7.73. The molecule has 2 amide bonds. The first kappa shape index (κ1) is 21.5. The van der Waals surface area contributed by atoms with Gasteiger partial charge in [0.15, 0.2) is 5.96 Å². The van der Waals surface area contributed by atoms with Gasteiger partial charge in [0, 0.05) is 31.7 Å². The Kier molecular flexibility index (Phi) is 8.33. The lowest BCUT2D eigenvalue weighted by atomic mass is 10.1. The highest BCUT2D eigenvalue weighted by Crippen LogP contribution is 2.12. The van der Waals surface area contributed by atoms with Gasteiger partial charge in [-0.3, -0.25) is 9.59 Å². The van der Waals surface area contributed by atoms with E-state index in [0.29, 0.717) is 31.2 Å². The molecule has 0 bridgehead atoms. The molecule has 0 spiro atoms. The van der Waals surface area contributed by atoms with Crippen LogP contribution < -0.4 is 11.1 Å². The fourth-order valence-corrected chi connectivity index (χ4v) is 3.32. The zero-order valence-electron chi connectivity index (χ0n) is 15.5. The van der Waals surface area contributed by atoms with Gasteiger partial charge >= 0.3 is 0 Å². The lowest BCUT2D eigenvalue weighted by molar-refractivity contribution is -0.123. The second-order valence-electron chi connectivity index (χ2n) is 6.85. The largest absolute Gasteiger partial charge is 0.370 e. The molecule has 0 unspecified atom stereocenters. The van der Waals surface area contributed by atoms with Crippen molar-refractivity contribution in [1.82, 2.24) is 15.1 Å². The average Bonchev–Trinajstić information content (AvgIpc) is 2.95. The lowest BCUT2D eigenvalue weighted by Crippen LogP contribution is -2.49. The van der Waals surface area contributed by atoms with Gasteiger partial charge in [0.1, 0.15) is 0 Å². The van der Waals surface area contributed by atoms with Gasteiger partial charge in [-0.15, -0.1) is 24.0 Å². The van der Waals surface area contributed by atoms with E-state index in [1.807, 2.05) is 12.1 Å². The monoisotopic (exact) mass is 485 g/mol. The maximum Gasteiger partial charge on any atom is 0.254 e. The minimum absolute atomic E-state index is 0. The van der Waals surface area contributed by atoms with Crippen molar-refractivity contribution in [3.63, 3.8) is 0 Å². The molecule has 3 rings (SSSR count). The van der Waals surface area contributed by atoms with Crippen LogP contribution in [0.3, 0.4) is 0 Å². The molecule has 1 aromatic carbocycles. The zero-order chi connectivity index (χ0) is 18.4. The van der Waals surface area contributed by atoms with Crippen molar-refractivity contribution >= 4 is 41.8 Å². The van der Waals surface area contributed by atoms with Gasteiger partial charge < -0.3 is 20.9 Å². The second kappa shape index (κ2) is 10.5. The van der Waals surface area contributed by atoms with Gasteiger partial charge in [0.25, 0.3) is 5.91 Å². The summed E-state index contributed by atoms with van der Waals surface area (Å²) in [6, 6.07) is 7.39. The maximum absolute atomic E-state index is 12.5. The van der Waals surface area contributed by atoms with E-state index in [4.69, 9.17) is 5.73 Å². The number of hydrogen-bond acceptors (Lipinski definition) is 3. The van der Waals surface area contributed by atoms with Crippen molar-refractivity contribution in [2.45, 2.75) is 32.2 Å². The highest BCUT2D eigenvalue weighted by atomic mass is 127. The van der Waals surface area contributed by atoms with E-state index in [2.05, 4.69) is 15.2 Å². The molecule has 27 heavy (non-hydrogen) atoms. The fourth-order valence-electron chi connectivity index (χ4n) is 3.32. The molecule has 8 heteroatoms. The van der Waals surface area contributed by atoms with Gasteiger partial charge in [-0.2, -0.15) is 0 Å². The van der Waals surface area contributed by atoms with Gasteiger partial charge in [-0.1, -0.05) is 25.0 Å². The number of likely N-dealkylation sites (tertiary alicyclic amines) is 1. The summed E-state index contributed by atoms with van der Waals surface area (Å²) >= 11 is 0. The number of aliphatic imine (C=N–C) groups is 1. The summed E-state index contributed by atoms with van der Waals surface area (Å²) < 4.78 is 0. The van der Waals surface area contributed by atoms with Crippen molar-refractivity contribution in [1.29, 1.82) is 0 Å². The van der Waals surface area contributed by atoms with Gasteiger partial charge in [0.2, 0.25) is 5.91 Å². The lowest BCUT2D eigenvalue weighted by Gasteiger charge is -2.26. The van der Waals surface area contributed by atoms with Crippen molar-refractivity contribution in [2.24, 2.45) is 10.7 Å². The van der Waals surface area contributed by atoms with Crippen LogP contribution in [0.15, 0.2) is 29.3 Å². The maximum atomic E-state index is 12.5. The Morgan fingerprint density at radius 1 is 1.04 bits per heavy atom. The summed E-state index contributed by atoms with van der Waals surface area (Å²) in [5.74, 6) is 0.380. The van der Waals surface area contributed by atoms with E-state index >= 15 is 0 Å². The Morgan fingerprint density at radius 2 is 1.70 bits per heavy atom. The topological polar surface area (TPSA) is 91.0 Å². The van der Waals surface area contributed by atoms with Crippen LogP contribution in [0.1, 0.15) is 41.6 Å². The number of carbonyl (C=O) groups excluding carboxylic acids is 2. The summed E-state index contributed by atoms with van der Waals surface area (Å²) in [4.78, 5) is 32.1. The average molecular weight is 485 g/mol. The van der Waals surface area contributed by atoms with E-state index in [-0.39, 0.29) is 42.3 Å². The molecule has 2 fully saturated rings. The van der Waals surface area contributed by atoms with E-state index in [1.54, 1.807) is 17.0 Å². The summed E-state index contributed by atoms with van der Waals surface area (Å²) in [6.45, 7) is 3.63. The highest BCUT2D eigenvalue weighted by molar-refractivity contribution is 14.0. The fraction of sp³-hybridized carbons (Fsp3) is 0.526. The molecular formula is C19H28IN5O2. The molecule has 2 aliphatic rings. The molecular weight excluding hydrogens is 457 g/mol. The first-order valence-electron chi connectivity index (χ1n) is 9.33. The van der Waals surface area contributed by atoms with Gasteiger partial charge in [-0.25, -0.2) is 4.99 Å². The summed E-state index contributed by atoms with van der Waals surface area (Å²) in [7, 11) is 0. The molecule has 0 aromatic heterocycles. The van der Waals surface area contributed by atoms with Crippen LogP contribution in [-0.4, -0.2) is 60.3 Å². The molecule has 1 aromatic rings. The van der Waals surface area contributed by atoms with Gasteiger partial charge in [-0.05, 0) is 30.5 Å². The van der Waals surface area contributed by atoms with E-state index in [9.17, 15) is 9.59 Å². The van der Waals surface area contributed by atoms with E-state index in [0.717, 1.165) is 18.7 Å². The SMILES string of the molecule is I.NC(=NCc1ccc(C(=O)N2CCNC(=O)C2)cc1)N1CCCCCC1. The number of hydrogen-bond donors (Lipinski definition) is 2. The van der Waals surface area contributed by atoms with Crippen LogP contribution in [0.2, 0.25) is 0 Å².